The van der Waals surface area contributed by atoms with Crippen LogP contribution in [-0.4, -0.2) is 33.9 Å². The van der Waals surface area contributed by atoms with E-state index in [0.717, 1.165) is 6.08 Å². The van der Waals surface area contributed by atoms with E-state index in [1.807, 2.05) is 0 Å². The predicted molar refractivity (Wildman–Crippen MR) is 82.3 cm³/mol. The van der Waals surface area contributed by atoms with E-state index < -0.39 is 28.8 Å². The number of benzene rings is 1. The van der Waals surface area contributed by atoms with E-state index in [0.29, 0.717) is 6.08 Å². The second kappa shape index (κ2) is 8.42. The van der Waals surface area contributed by atoms with E-state index in [-0.39, 0.29) is 17.4 Å². The summed E-state index contributed by atoms with van der Waals surface area (Å²) in [6, 6.07) is 3.88. The highest BCUT2D eigenvalue weighted by atomic mass is 16.6. The number of nitrogens with zero attached hydrogens (tertiary/aromatic N) is 1. The molecule has 0 aliphatic rings. The molecule has 128 valence electrons. The molecule has 1 aromatic rings. The van der Waals surface area contributed by atoms with Crippen LogP contribution >= 0.6 is 0 Å². The summed E-state index contributed by atoms with van der Waals surface area (Å²) in [5.74, 6) is -3.04. The Kier molecular flexibility index (Phi) is 6.60. The fourth-order valence-corrected chi connectivity index (χ4v) is 1.66. The van der Waals surface area contributed by atoms with E-state index in [1.54, 1.807) is 13.8 Å². The van der Waals surface area contributed by atoms with E-state index in [9.17, 15) is 24.5 Å². The first-order valence-corrected chi connectivity index (χ1v) is 6.88. The van der Waals surface area contributed by atoms with Gasteiger partial charge in [0, 0.05) is 24.3 Å². The summed E-state index contributed by atoms with van der Waals surface area (Å²) >= 11 is 0. The second-order valence-corrected chi connectivity index (χ2v) is 5.07. The zero-order valence-electron chi connectivity index (χ0n) is 13.0. The minimum absolute atomic E-state index is 0.0894. The third-order valence-corrected chi connectivity index (χ3v) is 2.86. The van der Waals surface area contributed by atoms with Gasteiger partial charge in [0.1, 0.15) is 11.8 Å². The highest BCUT2D eigenvalue weighted by molar-refractivity contribution is 5.96. The first-order chi connectivity index (χ1) is 11.2. The molecule has 0 aliphatic carbocycles. The van der Waals surface area contributed by atoms with Gasteiger partial charge < -0.3 is 15.2 Å². The average molecular weight is 336 g/mol. The first-order valence-electron chi connectivity index (χ1n) is 6.88. The molecule has 0 saturated carbocycles. The van der Waals surface area contributed by atoms with Gasteiger partial charge >= 0.3 is 11.9 Å². The van der Waals surface area contributed by atoms with Crippen LogP contribution in [-0.2, 0) is 14.4 Å². The summed E-state index contributed by atoms with van der Waals surface area (Å²) in [6.07, 6.45) is 1.44. The number of hydrogen-bond acceptors (Lipinski definition) is 6. The van der Waals surface area contributed by atoms with Gasteiger partial charge in [0.05, 0.1) is 4.92 Å². The molecule has 1 amide bonds. The number of nitrogens with one attached hydrogen (secondary N) is 1. The van der Waals surface area contributed by atoms with Crippen molar-refractivity contribution in [3.63, 3.8) is 0 Å². The highest BCUT2D eigenvalue weighted by Gasteiger charge is 2.25. The van der Waals surface area contributed by atoms with Crippen LogP contribution in [0.5, 0.6) is 5.75 Å². The van der Waals surface area contributed by atoms with Crippen molar-refractivity contribution < 1.29 is 29.2 Å². The van der Waals surface area contributed by atoms with Gasteiger partial charge in [-0.05, 0) is 18.1 Å². The van der Waals surface area contributed by atoms with Crippen LogP contribution in [0.4, 0.5) is 5.69 Å². The van der Waals surface area contributed by atoms with Gasteiger partial charge in [0.2, 0.25) is 5.91 Å². The van der Waals surface area contributed by atoms with Crippen LogP contribution < -0.4 is 10.1 Å². The van der Waals surface area contributed by atoms with Crippen molar-refractivity contribution in [3.8, 4) is 5.75 Å². The van der Waals surface area contributed by atoms with Gasteiger partial charge in [-0.15, -0.1) is 0 Å². The molecule has 0 bridgehead atoms. The molecule has 9 nitrogen and oxygen atoms in total. The molecule has 0 aromatic heterocycles. The number of carboxylic acid groups (broad SMARTS) is 1. The van der Waals surface area contributed by atoms with Gasteiger partial charge in [0.25, 0.3) is 5.69 Å². The summed E-state index contributed by atoms with van der Waals surface area (Å²) in [6.45, 7) is 3.34. The number of hydrogen-bond donors (Lipinski definition) is 2. The Bertz CT molecular complexity index is 665. The lowest BCUT2D eigenvalue weighted by Crippen LogP contribution is -2.45. The molecule has 9 heteroatoms. The van der Waals surface area contributed by atoms with E-state index in [2.05, 4.69) is 5.32 Å². The lowest BCUT2D eigenvalue weighted by atomic mass is 10.0. The molecule has 0 heterocycles. The zero-order valence-corrected chi connectivity index (χ0v) is 13.0. The van der Waals surface area contributed by atoms with Gasteiger partial charge in [-0.2, -0.15) is 0 Å². The molecule has 1 rings (SSSR count). The summed E-state index contributed by atoms with van der Waals surface area (Å²) in [7, 11) is 0. The molecule has 0 aliphatic heterocycles. The Labute approximate surface area is 137 Å². The van der Waals surface area contributed by atoms with Crippen LogP contribution in [0, 0.1) is 16.0 Å². The standard InChI is InChI=1S/C15H16N2O7/c1-9(2)14(16-12(18)7-8-13(19)20)15(21)24-11-5-3-10(4-6-11)17(22)23/h3-9,14H,1-2H3,(H,16,18)(H,19,20)/b8-7-/t14-/m1/s1. The van der Waals surface area contributed by atoms with Crippen molar-refractivity contribution in [2.45, 2.75) is 19.9 Å². The topological polar surface area (TPSA) is 136 Å². The number of amides is 1. The molecule has 1 atom stereocenters. The molecule has 0 spiro atoms. The zero-order chi connectivity index (χ0) is 18.3. The third-order valence-electron chi connectivity index (χ3n) is 2.86. The summed E-state index contributed by atoms with van der Waals surface area (Å²) < 4.78 is 5.08. The molecule has 1 aromatic carbocycles. The number of carboxylic acids is 1. The Morgan fingerprint density at radius 3 is 2.25 bits per heavy atom. The van der Waals surface area contributed by atoms with Crippen LogP contribution in [0.25, 0.3) is 0 Å². The fraction of sp³-hybridized carbons (Fsp3) is 0.267. The van der Waals surface area contributed by atoms with Gasteiger partial charge in [-0.3, -0.25) is 14.9 Å². The van der Waals surface area contributed by atoms with Crippen LogP contribution in [0.15, 0.2) is 36.4 Å². The van der Waals surface area contributed by atoms with Gasteiger partial charge in [0.15, 0.2) is 0 Å². The predicted octanol–water partition coefficient (Wildman–Crippen LogP) is 1.28. The molecule has 2 N–H and O–H groups in total. The molecule has 0 unspecified atom stereocenters. The van der Waals surface area contributed by atoms with Gasteiger partial charge in [-0.1, -0.05) is 13.8 Å². The Morgan fingerprint density at radius 2 is 1.79 bits per heavy atom. The van der Waals surface area contributed by atoms with Gasteiger partial charge in [-0.25, -0.2) is 9.59 Å². The SMILES string of the molecule is CC(C)[C@@H](NC(=O)/C=C\C(=O)O)C(=O)Oc1ccc([N+](=O)[O-])cc1. The number of nitro benzene ring substituents is 1. The van der Waals surface area contributed by atoms with E-state index in [1.165, 1.54) is 24.3 Å². The summed E-state index contributed by atoms with van der Waals surface area (Å²) in [4.78, 5) is 44.1. The van der Waals surface area contributed by atoms with Crippen LogP contribution in [0.1, 0.15) is 13.8 Å². The normalized spacial score (nSPS) is 12.0. The molecular weight excluding hydrogens is 320 g/mol. The van der Waals surface area contributed by atoms with Crippen LogP contribution in [0.2, 0.25) is 0 Å². The number of carbonyl (C=O) groups excluding carboxylic acids is 2. The number of rotatable bonds is 7. The number of esters is 1. The van der Waals surface area contributed by atoms with Crippen molar-refractivity contribution >= 4 is 23.5 Å². The smallest absolute Gasteiger partial charge is 0.334 e. The Hall–Kier alpha value is -3.23. The average Bonchev–Trinajstić information content (AvgIpc) is 2.50. The molecule has 24 heavy (non-hydrogen) atoms. The fourth-order valence-electron chi connectivity index (χ4n) is 1.66. The van der Waals surface area contributed by atoms with E-state index >= 15 is 0 Å². The summed E-state index contributed by atoms with van der Waals surface area (Å²) in [5.41, 5.74) is -0.151. The van der Waals surface area contributed by atoms with Crippen LogP contribution in [0.3, 0.4) is 0 Å². The maximum atomic E-state index is 12.1. The molecule has 0 radical (unpaired) electrons. The maximum absolute atomic E-state index is 12.1. The minimum Gasteiger partial charge on any atom is -0.478 e. The lowest BCUT2D eigenvalue weighted by molar-refractivity contribution is -0.384. The van der Waals surface area contributed by atoms with Crippen molar-refractivity contribution in [1.82, 2.24) is 5.32 Å². The largest absolute Gasteiger partial charge is 0.478 e. The quantitative estimate of drug-likeness (QED) is 0.252. The second-order valence-electron chi connectivity index (χ2n) is 5.07. The Balaban J connectivity index is 2.77. The summed E-state index contributed by atoms with van der Waals surface area (Å²) in [5, 5.41) is 21.4. The first kappa shape index (κ1) is 18.8. The lowest BCUT2D eigenvalue weighted by Gasteiger charge is -2.19. The number of non-ortho nitro benzene ring substituents is 1. The minimum atomic E-state index is -1.29. The van der Waals surface area contributed by atoms with Crippen molar-refractivity contribution in [1.29, 1.82) is 0 Å². The molecule has 0 fully saturated rings. The number of ether oxygens (including phenoxy) is 1. The third kappa shape index (κ3) is 5.87. The number of nitro groups is 1. The molecule has 0 saturated heterocycles. The Morgan fingerprint density at radius 1 is 1.21 bits per heavy atom. The van der Waals surface area contributed by atoms with Crippen molar-refractivity contribution in [2.75, 3.05) is 0 Å². The maximum Gasteiger partial charge on any atom is 0.334 e. The number of aliphatic carboxylic acids is 1. The molecular formula is C15H16N2O7. The number of carbonyl (C=O) groups is 3. The highest BCUT2D eigenvalue weighted by Crippen LogP contribution is 2.18. The van der Waals surface area contributed by atoms with Crippen molar-refractivity contribution in [3.05, 3.63) is 46.5 Å². The van der Waals surface area contributed by atoms with E-state index in [4.69, 9.17) is 9.84 Å². The van der Waals surface area contributed by atoms with Crippen molar-refractivity contribution in [2.24, 2.45) is 5.92 Å². The monoisotopic (exact) mass is 336 g/mol.